The van der Waals surface area contributed by atoms with Crippen LogP contribution < -0.4 is 11.1 Å². The number of amides is 3. The Labute approximate surface area is 91.2 Å². The van der Waals surface area contributed by atoms with Crippen LogP contribution in [0, 0.1) is 0 Å². The molecule has 1 atom stereocenters. The smallest absolute Gasteiger partial charge is 0.318 e. The van der Waals surface area contributed by atoms with Gasteiger partial charge in [0.25, 0.3) is 0 Å². The van der Waals surface area contributed by atoms with Gasteiger partial charge in [-0.3, -0.25) is 10.1 Å². The maximum Gasteiger partial charge on any atom is 0.318 e. The number of urea groups is 1. The first-order valence-corrected chi connectivity index (χ1v) is 5.39. The summed E-state index contributed by atoms with van der Waals surface area (Å²) in [5.41, 5.74) is 6.03. The Bertz CT molecular complexity index is 395. The van der Waals surface area contributed by atoms with Gasteiger partial charge in [-0.15, -0.1) is 11.8 Å². The fraction of sp³-hybridized carbons (Fsp3) is 0.200. The van der Waals surface area contributed by atoms with Gasteiger partial charge in [-0.25, -0.2) is 4.79 Å². The van der Waals surface area contributed by atoms with Gasteiger partial charge in [0.2, 0.25) is 5.91 Å². The first-order valence-electron chi connectivity index (χ1n) is 4.51. The molecule has 1 aliphatic heterocycles. The fourth-order valence-electron chi connectivity index (χ4n) is 1.53. The topological polar surface area (TPSA) is 72.2 Å². The van der Waals surface area contributed by atoms with Crippen molar-refractivity contribution >= 4 is 23.7 Å². The summed E-state index contributed by atoms with van der Waals surface area (Å²) in [4.78, 5) is 23.1. The van der Waals surface area contributed by atoms with Gasteiger partial charge in [0.1, 0.15) is 0 Å². The molecule has 0 fully saturated rings. The van der Waals surface area contributed by atoms with Crippen LogP contribution in [-0.2, 0) is 11.2 Å². The monoisotopic (exact) mass is 222 g/mol. The molecule has 0 saturated heterocycles. The van der Waals surface area contributed by atoms with E-state index in [1.54, 1.807) is 0 Å². The number of carbonyl (C=O) groups is 2. The third kappa shape index (κ3) is 2.12. The lowest BCUT2D eigenvalue weighted by atomic mass is 10.1. The number of hydrogen-bond donors (Lipinski definition) is 2. The second-order valence-electron chi connectivity index (χ2n) is 3.27. The molecule has 1 aromatic rings. The quantitative estimate of drug-likeness (QED) is 0.741. The predicted molar refractivity (Wildman–Crippen MR) is 57.5 cm³/mol. The number of nitrogens with one attached hydrogen (secondary N) is 1. The molecule has 2 rings (SSSR count). The van der Waals surface area contributed by atoms with Gasteiger partial charge < -0.3 is 5.73 Å². The fourth-order valence-corrected chi connectivity index (χ4v) is 2.73. The average molecular weight is 222 g/mol. The van der Waals surface area contributed by atoms with Gasteiger partial charge in [-0.05, 0) is 18.1 Å². The standard InChI is InChI=1S/C10H10N2O2S/c11-10(14)12-9(13)8-5-6-3-1-2-4-7(6)15-8/h1-4,8H,5H2,(H3,11,12,13,14). The number of carbonyl (C=O) groups excluding carboxylic acids is 2. The Morgan fingerprint density at radius 1 is 1.40 bits per heavy atom. The Balaban J connectivity index is 2.07. The van der Waals surface area contributed by atoms with Crippen molar-refractivity contribution in [2.45, 2.75) is 16.6 Å². The van der Waals surface area contributed by atoms with Crippen LogP contribution in [0.5, 0.6) is 0 Å². The highest BCUT2D eigenvalue weighted by atomic mass is 32.2. The average Bonchev–Trinajstić information content (AvgIpc) is 2.59. The summed E-state index contributed by atoms with van der Waals surface area (Å²) in [7, 11) is 0. The van der Waals surface area contributed by atoms with E-state index in [9.17, 15) is 9.59 Å². The molecule has 1 unspecified atom stereocenters. The maximum absolute atomic E-state index is 11.5. The number of rotatable bonds is 1. The van der Waals surface area contributed by atoms with Crippen LogP contribution >= 0.6 is 11.8 Å². The van der Waals surface area contributed by atoms with Crippen molar-refractivity contribution in [3.63, 3.8) is 0 Å². The lowest BCUT2D eigenvalue weighted by Crippen LogP contribution is -2.40. The molecule has 0 saturated carbocycles. The zero-order valence-corrected chi connectivity index (χ0v) is 8.71. The zero-order chi connectivity index (χ0) is 10.8. The number of imide groups is 1. The van der Waals surface area contributed by atoms with Crippen LogP contribution in [0.3, 0.4) is 0 Å². The Kier molecular flexibility index (Phi) is 2.64. The van der Waals surface area contributed by atoms with E-state index in [4.69, 9.17) is 5.73 Å². The van der Waals surface area contributed by atoms with Gasteiger partial charge in [0, 0.05) is 4.90 Å². The highest BCUT2D eigenvalue weighted by molar-refractivity contribution is 8.01. The second kappa shape index (κ2) is 3.94. The summed E-state index contributed by atoms with van der Waals surface area (Å²) in [6.07, 6.45) is 0.653. The molecule has 0 bridgehead atoms. The lowest BCUT2D eigenvalue weighted by Gasteiger charge is -2.05. The van der Waals surface area contributed by atoms with Gasteiger partial charge in [0.15, 0.2) is 0 Å². The minimum atomic E-state index is -0.795. The number of primary amides is 1. The van der Waals surface area contributed by atoms with E-state index in [2.05, 4.69) is 5.32 Å². The molecule has 4 nitrogen and oxygen atoms in total. The van der Waals surface area contributed by atoms with Crippen molar-refractivity contribution in [1.29, 1.82) is 0 Å². The molecule has 0 spiro atoms. The summed E-state index contributed by atoms with van der Waals surface area (Å²) in [5, 5.41) is 1.86. The SMILES string of the molecule is NC(=O)NC(=O)C1Cc2ccccc2S1. The van der Waals surface area contributed by atoms with Crippen LogP contribution in [0.4, 0.5) is 4.79 Å². The van der Waals surface area contributed by atoms with Crippen molar-refractivity contribution in [3.05, 3.63) is 29.8 Å². The summed E-state index contributed by atoms with van der Waals surface area (Å²) in [6.45, 7) is 0. The minimum Gasteiger partial charge on any atom is -0.351 e. The van der Waals surface area contributed by atoms with Crippen molar-refractivity contribution in [3.8, 4) is 0 Å². The molecule has 0 radical (unpaired) electrons. The van der Waals surface area contributed by atoms with E-state index in [1.165, 1.54) is 11.8 Å². The highest BCUT2D eigenvalue weighted by Crippen LogP contribution is 2.36. The zero-order valence-electron chi connectivity index (χ0n) is 7.90. The molecule has 1 aromatic carbocycles. The number of fused-ring (bicyclic) bond motifs is 1. The molecule has 78 valence electrons. The third-order valence-electron chi connectivity index (χ3n) is 2.19. The Morgan fingerprint density at radius 2 is 2.13 bits per heavy atom. The summed E-state index contributed by atoms with van der Waals surface area (Å²) >= 11 is 1.47. The minimum absolute atomic E-state index is 0.241. The first kappa shape index (κ1) is 10.0. The van der Waals surface area contributed by atoms with E-state index < -0.39 is 6.03 Å². The van der Waals surface area contributed by atoms with Crippen LogP contribution in [0.15, 0.2) is 29.2 Å². The van der Waals surface area contributed by atoms with Gasteiger partial charge in [0.05, 0.1) is 5.25 Å². The normalized spacial score (nSPS) is 18.3. The van der Waals surface area contributed by atoms with E-state index in [-0.39, 0.29) is 11.2 Å². The third-order valence-corrected chi connectivity index (χ3v) is 3.50. The Hall–Kier alpha value is -1.49. The molecule has 5 heteroatoms. The van der Waals surface area contributed by atoms with E-state index >= 15 is 0 Å². The van der Waals surface area contributed by atoms with Crippen molar-refractivity contribution in [1.82, 2.24) is 5.32 Å². The van der Waals surface area contributed by atoms with Gasteiger partial charge in [-0.1, -0.05) is 18.2 Å². The number of nitrogens with two attached hydrogens (primary N) is 1. The molecular formula is C10H10N2O2S. The molecule has 15 heavy (non-hydrogen) atoms. The number of hydrogen-bond acceptors (Lipinski definition) is 3. The lowest BCUT2D eigenvalue weighted by molar-refractivity contribution is -0.119. The molecular weight excluding hydrogens is 212 g/mol. The van der Waals surface area contributed by atoms with Crippen LogP contribution in [0.25, 0.3) is 0 Å². The van der Waals surface area contributed by atoms with Crippen LogP contribution in [0.2, 0.25) is 0 Å². The van der Waals surface area contributed by atoms with Crippen molar-refractivity contribution in [2.75, 3.05) is 0 Å². The number of thioether (sulfide) groups is 1. The van der Waals surface area contributed by atoms with Gasteiger partial charge >= 0.3 is 6.03 Å². The number of benzene rings is 1. The second-order valence-corrected chi connectivity index (χ2v) is 4.52. The van der Waals surface area contributed by atoms with Crippen molar-refractivity contribution in [2.24, 2.45) is 5.73 Å². The maximum atomic E-state index is 11.5. The van der Waals surface area contributed by atoms with E-state index in [0.717, 1.165) is 10.5 Å². The molecule has 0 aliphatic carbocycles. The summed E-state index contributed by atoms with van der Waals surface area (Å²) < 4.78 is 0. The largest absolute Gasteiger partial charge is 0.351 e. The molecule has 3 N–H and O–H groups in total. The highest BCUT2D eigenvalue weighted by Gasteiger charge is 2.28. The summed E-state index contributed by atoms with van der Waals surface area (Å²) in [6, 6.07) is 7.03. The summed E-state index contributed by atoms with van der Waals surface area (Å²) in [5.74, 6) is -0.316. The first-order chi connectivity index (χ1) is 7.16. The molecule has 3 amide bonds. The van der Waals surface area contributed by atoms with Crippen molar-refractivity contribution < 1.29 is 9.59 Å². The van der Waals surface area contributed by atoms with Crippen LogP contribution in [0.1, 0.15) is 5.56 Å². The predicted octanol–water partition coefficient (Wildman–Crippen LogP) is 0.898. The van der Waals surface area contributed by atoms with Gasteiger partial charge in [-0.2, -0.15) is 0 Å². The molecule has 1 heterocycles. The van der Waals surface area contributed by atoms with E-state index in [1.807, 2.05) is 24.3 Å². The molecule has 0 aromatic heterocycles. The van der Waals surface area contributed by atoms with E-state index in [0.29, 0.717) is 6.42 Å². The Morgan fingerprint density at radius 3 is 2.80 bits per heavy atom. The van der Waals surface area contributed by atoms with Crippen LogP contribution in [-0.4, -0.2) is 17.2 Å². The molecule has 1 aliphatic rings.